The number of hydrogen-bond donors (Lipinski definition) is 1. The zero-order chi connectivity index (χ0) is 24.7. The molecule has 35 heavy (non-hydrogen) atoms. The van der Waals surface area contributed by atoms with Crippen molar-refractivity contribution in [2.24, 2.45) is 0 Å². The molecule has 0 bridgehead atoms. The first-order valence-corrected chi connectivity index (χ1v) is 14.0. The molecule has 1 fully saturated rings. The summed E-state index contributed by atoms with van der Waals surface area (Å²) in [5.41, 5.74) is 2.29. The SMILES string of the molecule is CCCCC/C=C\C/C=C\CCCCCCCC(=O)n1cc([C@H]2CCNC2)c2cc(OC)ccc21. The van der Waals surface area contributed by atoms with Gasteiger partial charge in [-0.1, -0.05) is 63.3 Å². The van der Waals surface area contributed by atoms with Crippen LogP contribution in [0.5, 0.6) is 5.75 Å². The van der Waals surface area contributed by atoms with Gasteiger partial charge in [0.15, 0.2) is 0 Å². The van der Waals surface area contributed by atoms with Crippen molar-refractivity contribution in [3.05, 3.63) is 54.3 Å². The number of methoxy groups -OCH3 is 1. The van der Waals surface area contributed by atoms with Crippen LogP contribution in [0.1, 0.15) is 107 Å². The summed E-state index contributed by atoms with van der Waals surface area (Å²) in [6.45, 7) is 4.27. The second-order valence-electron chi connectivity index (χ2n) is 9.90. The Morgan fingerprint density at radius 3 is 2.49 bits per heavy atom. The van der Waals surface area contributed by atoms with Crippen LogP contribution in [0, 0.1) is 0 Å². The normalized spacial score (nSPS) is 16.2. The van der Waals surface area contributed by atoms with E-state index < -0.39 is 0 Å². The predicted octanol–water partition coefficient (Wildman–Crippen LogP) is 8.18. The summed E-state index contributed by atoms with van der Waals surface area (Å²) >= 11 is 0. The number of nitrogens with zero attached hydrogens (tertiary/aromatic N) is 1. The minimum absolute atomic E-state index is 0.211. The topological polar surface area (TPSA) is 43.3 Å². The van der Waals surface area contributed by atoms with E-state index in [1.54, 1.807) is 7.11 Å². The molecule has 0 spiro atoms. The average Bonchev–Trinajstić information content (AvgIpc) is 3.54. The highest BCUT2D eigenvalue weighted by atomic mass is 16.5. The molecule has 1 saturated heterocycles. The zero-order valence-electron chi connectivity index (χ0n) is 22.1. The fraction of sp³-hybridized carbons (Fsp3) is 0.581. The molecule has 0 amide bonds. The van der Waals surface area contributed by atoms with Crippen molar-refractivity contribution in [3.8, 4) is 5.75 Å². The molecule has 2 aromatic rings. The summed E-state index contributed by atoms with van der Waals surface area (Å²) in [6, 6.07) is 6.08. The fourth-order valence-electron chi connectivity index (χ4n) is 5.02. The molecule has 4 heteroatoms. The molecule has 1 aliphatic rings. The molecule has 192 valence electrons. The molecule has 1 aliphatic heterocycles. The molecule has 1 aromatic carbocycles. The monoisotopic (exact) mass is 478 g/mol. The number of ether oxygens (including phenoxy) is 1. The Labute approximate surface area is 212 Å². The quantitative estimate of drug-likeness (QED) is 0.195. The number of allylic oxidation sites excluding steroid dienone is 4. The van der Waals surface area contributed by atoms with E-state index in [0.29, 0.717) is 12.3 Å². The Balaban J connectivity index is 1.36. The van der Waals surface area contributed by atoms with Gasteiger partial charge in [-0.25, -0.2) is 0 Å². The third-order valence-electron chi connectivity index (χ3n) is 7.15. The average molecular weight is 479 g/mol. The molecule has 1 aromatic heterocycles. The van der Waals surface area contributed by atoms with Gasteiger partial charge in [-0.2, -0.15) is 0 Å². The van der Waals surface area contributed by atoms with Crippen LogP contribution in [0.2, 0.25) is 0 Å². The summed E-state index contributed by atoms with van der Waals surface area (Å²) in [7, 11) is 1.70. The molecular weight excluding hydrogens is 432 g/mol. The van der Waals surface area contributed by atoms with E-state index in [2.05, 4.69) is 48.8 Å². The van der Waals surface area contributed by atoms with E-state index in [1.807, 2.05) is 16.7 Å². The van der Waals surface area contributed by atoms with Crippen LogP contribution in [0.15, 0.2) is 48.7 Å². The summed E-state index contributed by atoms with van der Waals surface area (Å²) < 4.78 is 7.35. The van der Waals surface area contributed by atoms with Crippen LogP contribution < -0.4 is 10.1 Å². The predicted molar refractivity (Wildman–Crippen MR) is 149 cm³/mol. The van der Waals surface area contributed by atoms with Crippen LogP contribution in [0.25, 0.3) is 10.9 Å². The summed E-state index contributed by atoms with van der Waals surface area (Å²) in [5.74, 6) is 1.53. The Bertz CT molecular complexity index is 950. The Morgan fingerprint density at radius 2 is 1.77 bits per heavy atom. The van der Waals surface area contributed by atoms with E-state index in [4.69, 9.17) is 4.74 Å². The standard InChI is InChI=1S/C31H46N2O2/c1-3-4-5-6-7-8-9-10-11-12-13-14-15-16-17-18-31(34)33-25-29(26-21-22-32-24-26)28-23-27(35-2)19-20-30(28)33/h7-8,10-11,19-20,23,25-26,32H,3-6,9,12-18,21-22,24H2,1-2H3/b8-7-,11-10-/t26-/m0/s1. The van der Waals surface area contributed by atoms with Crippen molar-refractivity contribution in [2.45, 2.75) is 96.3 Å². The van der Waals surface area contributed by atoms with Crippen molar-refractivity contribution < 1.29 is 9.53 Å². The fourth-order valence-corrected chi connectivity index (χ4v) is 5.02. The van der Waals surface area contributed by atoms with E-state index in [9.17, 15) is 4.79 Å². The molecule has 3 rings (SSSR count). The third-order valence-corrected chi connectivity index (χ3v) is 7.15. The molecule has 0 aliphatic carbocycles. The highest BCUT2D eigenvalue weighted by Crippen LogP contribution is 2.33. The first-order chi connectivity index (χ1) is 17.2. The van der Waals surface area contributed by atoms with Gasteiger partial charge in [-0.15, -0.1) is 0 Å². The smallest absolute Gasteiger partial charge is 0.231 e. The number of benzene rings is 1. The first-order valence-electron chi connectivity index (χ1n) is 14.0. The minimum Gasteiger partial charge on any atom is -0.497 e. The molecule has 0 radical (unpaired) electrons. The number of aromatic nitrogens is 1. The van der Waals surface area contributed by atoms with E-state index in [1.165, 1.54) is 56.9 Å². The van der Waals surface area contributed by atoms with Gasteiger partial charge in [0.25, 0.3) is 0 Å². The lowest BCUT2D eigenvalue weighted by atomic mass is 9.98. The lowest BCUT2D eigenvalue weighted by molar-refractivity contribution is 0.0904. The van der Waals surface area contributed by atoms with Gasteiger partial charge in [-0.05, 0) is 81.2 Å². The Kier molecular flexibility index (Phi) is 12.2. The first kappa shape index (κ1) is 27.3. The molecular formula is C31H46N2O2. The maximum atomic E-state index is 13.1. The van der Waals surface area contributed by atoms with Gasteiger partial charge < -0.3 is 10.1 Å². The van der Waals surface area contributed by atoms with E-state index in [-0.39, 0.29) is 5.91 Å². The van der Waals surface area contributed by atoms with E-state index in [0.717, 1.165) is 55.4 Å². The highest BCUT2D eigenvalue weighted by molar-refractivity contribution is 5.95. The van der Waals surface area contributed by atoms with Crippen LogP contribution >= 0.6 is 0 Å². The highest BCUT2D eigenvalue weighted by Gasteiger charge is 2.23. The van der Waals surface area contributed by atoms with Crippen LogP contribution in [-0.4, -0.2) is 30.7 Å². The summed E-state index contributed by atoms with van der Waals surface area (Å²) in [4.78, 5) is 13.1. The van der Waals surface area contributed by atoms with E-state index >= 15 is 0 Å². The molecule has 4 nitrogen and oxygen atoms in total. The molecule has 1 atom stereocenters. The number of rotatable bonds is 16. The van der Waals surface area contributed by atoms with Crippen LogP contribution in [0.3, 0.4) is 0 Å². The number of carbonyl (C=O) groups is 1. The maximum absolute atomic E-state index is 13.1. The Hall–Kier alpha value is -2.33. The maximum Gasteiger partial charge on any atom is 0.231 e. The van der Waals surface area contributed by atoms with Crippen molar-refractivity contribution in [3.63, 3.8) is 0 Å². The van der Waals surface area contributed by atoms with Crippen molar-refractivity contribution >= 4 is 16.8 Å². The summed E-state index contributed by atoms with van der Waals surface area (Å²) in [5, 5.41) is 4.61. The molecule has 2 heterocycles. The van der Waals surface area contributed by atoms with Crippen molar-refractivity contribution in [2.75, 3.05) is 20.2 Å². The van der Waals surface area contributed by atoms with Gasteiger partial charge in [-0.3, -0.25) is 9.36 Å². The number of fused-ring (bicyclic) bond motifs is 1. The second-order valence-corrected chi connectivity index (χ2v) is 9.90. The molecule has 1 N–H and O–H groups in total. The molecule has 0 saturated carbocycles. The van der Waals surface area contributed by atoms with Crippen LogP contribution in [0.4, 0.5) is 0 Å². The second kappa shape index (κ2) is 15.6. The number of unbranched alkanes of at least 4 members (excludes halogenated alkanes) is 8. The summed E-state index contributed by atoms with van der Waals surface area (Å²) in [6.07, 6.45) is 26.3. The van der Waals surface area contributed by atoms with Gasteiger partial charge in [0, 0.05) is 24.5 Å². The number of carbonyl (C=O) groups excluding carboxylic acids is 1. The zero-order valence-corrected chi connectivity index (χ0v) is 22.1. The number of hydrogen-bond acceptors (Lipinski definition) is 3. The molecule has 0 unspecified atom stereocenters. The van der Waals surface area contributed by atoms with Gasteiger partial charge >= 0.3 is 0 Å². The van der Waals surface area contributed by atoms with Crippen LogP contribution in [-0.2, 0) is 0 Å². The Morgan fingerprint density at radius 1 is 1.03 bits per heavy atom. The van der Waals surface area contributed by atoms with Gasteiger partial charge in [0.1, 0.15) is 5.75 Å². The van der Waals surface area contributed by atoms with Gasteiger partial charge in [0.05, 0.1) is 12.6 Å². The third kappa shape index (κ3) is 8.68. The lowest BCUT2D eigenvalue weighted by Gasteiger charge is -2.07. The van der Waals surface area contributed by atoms with Crippen molar-refractivity contribution in [1.29, 1.82) is 0 Å². The van der Waals surface area contributed by atoms with Crippen molar-refractivity contribution in [1.82, 2.24) is 9.88 Å². The largest absolute Gasteiger partial charge is 0.497 e. The minimum atomic E-state index is 0.211. The number of nitrogens with one attached hydrogen (secondary N) is 1. The van der Waals surface area contributed by atoms with Gasteiger partial charge in [0.2, 0.25) is 5.91 Å². The lowest BCUT2D eigenvalue weighted by Crippen LogP contribution is -2.09.